The molecule has 0 bridgehead atoms. The van der Waals surface area contributed by atoms with Gasteiger partial charge in [-0.3, -0.25) is 0 Å². The zero-order valence-corrected chi connectivity index (χ0v) is 12.0. The summed E-state index contributed by atoms with van der Waals surface area (Å²) < 4.78 is 0. The van der Waals surface area contributed by atoms with Gasteiger partial charge >= 0.3 is 0 Å². The highest BCUT2D eigenvalue weighted by Crippen LogP contribution is 2.35. The second-order valence-corrected chi connectivity index (χ2v) is 6.36. The Kier molecular flexibility index (Phi) is 4.11. The topological polar surface area (TPSA) is 20.2 Å². The van der Waals surface area contributed by atoms with Crippen LogP contribution in [0.4, 0.5) is 0 Å². The predicted molar refractivity (Wildman–Crippen MR) is 76.7 cm³/mol. The maximum Gasteiger partial charge on any atom is 0.0871 e. The van der Waals surface area contributed by atoms with E-state index in [9.17, 15) is 5.11 Å². The molecule has 1 aromatic carbocycles. The zero-order valence-electron chi connectivity index (χ0n) is 12.0. The van der Waals surface area contributed by atoms with Gasteiger partial charge in [0.05, 0.1) is 5.60 Å². The van der Waals surface area contributed by atoms with Crippen molar-refractivity contribution in [1.29, 1.82) is 0 Å². The Morgan fingerprint density at radius 3 is 2.17 bits per heavy atom. The van der Waals surface area contributed by atoms with Gasteiger partial charge in [-0.2, -0.15) is 0 Å². The average molecular weight is 246 g/mol. The third-order valence-corrected chi connectivity index (χ3v) is 4.25. The number of benzene rings is 1. The molecule has 1 fully saturated rings. The lowest BCUT2D eigenvalue weighted by Crippen LogP contribution is -2.26. The van der Waals surface area contributed by atoms with E-state index in [1.807, 2.05) is 6.92 Å². The Balaban J connectivity index is 2.13. The van der Waals surface area contributed by atoms with Gasteiger partial charge in [-0.15, -0.1) is 0 Å². The standard InChI is InChI=1S/C17H26O/c1-13-9-14(2)11-16(10-13)17(3,18)12-15-7-5-4-6-8-15/h9-11,15,18H,4-8,12H2,1-3H3. The van der Waals surface area contributed by atoms with E-state index in [1.165, 1.54) is 43.2 Å². The molecule has 1 aliphatic carbocycles. The number of aryl methyl sites for hydroxylation is 2. The summed E-state index contributed by atoms with van der Waals surface area (Å²) in [6.07, 6.45) is 7.56. The normalized spacial score (nSPS) is 20.7. The molecule has 0 saturated heterocycles. The summed E-state index contributed by atoms with van der Waals surface area (Å²) in [5.74, 6) is 0.703. The van der Waals surface area contributed by atoms with Gasteiger partial charge < -0.3 is 5.11 Å². The fourth-order valence-electron chi connectivity index (χ4n) is 3.36. The number of aliphatic hydroxyl groups is 1. The van der Waals surface area contributed by atoms with Crippen LogP contribution in [0.15, 0.2) is 18.2 Å². The predicted octanol–water partition coefficient (Wildman–Crippen LogP) is 4.48. The quantitative estimate of drug-likeness (QED) is 0.833. The van der Waals surface area contributed by atoms with Crippen molar-refractivity contribution in [3.8, 4) is 0 Å². The van der Waals surface area contributed by atoms with Gasteiger partial charge in [0.15, 0.2) is 0 Å². The van der Waals surface area contributed by atoms with Crippen molar-refractivity contribution < 1.29 is 5.11 Å². The summed E-state index contributed by atoms with van der Waals surface area (Å²) >= 11 is 0. The second kappa shape index (κ2) is 5.44. The maximum atomic E-state index is 10.8. The van der Waals surface area contributed by atoms with Crippen LogP contribution in [0.25, 0.3) is 0 Å². The molecule has 0 spiro atoms. The van der Waals surface area contributed by atoms with Crippen molar-refractivity contribution in [2.75, 3.05) is 0 Å². The third-order valence-electron chi connectivity index (χ3n) is 4.25. The number of hydrogen-bond acceptors (Lipinski definition) is 1. The Labute approximate surface area is 111 Å². The number of hydrogen-bond donors (Lipinski definition) is 1. The summed E-state index contributed by atoms with van der Waals surface area (Å²) in [6, 6.07) is 6.44. The van der Waals surface area contributed by atoms with E-state index < -0.39 is 5.60 Å². The largest absolute Gasteiger partial charge is 0.385 e. The van der Waals surface area contributed by atoms with Gasteiger partial charge in [0.2, 0.25) is 0 Å². The molecule has 0 aromatic heterocycles. The van der Waals surface area contributed by atoms with Crippen molar-refractivity contribution in [1.82, 2.24) is 0 Å². The smallest absolute Gasteiger partial charge is 0.0871 e. The van der Waals surface area contributed by atoms with Crippen LogP contribution >= 0.6 is 0 Å². The number of rotatable bonds is 3. The minimum absolute atomic E-state index is 0.668. The van der Waals surface area contributed by atoms with Crippen LogP contribution in [0.5, 0.6) is 0 Å². The van der Waals surface area contributed by atoms with E-state index in [-0.39, 0.29) is 0 Å². The van der Waals surface area contributed by atoms with Gasteiger partial charge in [0, 0.05) is 0 Å². The maximum absolute atomic E-state index is 10.8. The summed E-state index contributed by atoms with van der Waals surface area (Å²) in [7, 11) is 0. The molecule has 1 aliphatic rings. The van der Waals surface area contributed by atoms with Crippen molar-refractivity contribution in [3.05, 3.63) is 34.9 Å². The molecule has 1 atom stereocenters. The van der Waals surface area contributed by atoms with Crippen LogP contribution in [-0.4, -0.2) is 5.11 Å². The first-order valence-corrected chi connectivity index (χ1v) is 7.28. The molecule has 1 nitrogen and oxygen atoms in total. The Morgan fingerprint density at radius 1 is 1.06 bits per heavy atom. The van der Waals surface area contributed by atoms with E-state index >= 15 is 0 Å². The molecule has 1 unspecified atom stereocenters. The molecule has 18 heavy (non-hydrogen) atoms. The Hall–Kier alpha value is -0.820. The highest BCUT2D eigenvalue weighted by molar-refractivity contribution is 5.32. The van der Waals surface area contributed by atoms with Crippen molar-refractivity contribution in [2.24, 2.45) is 5.92 Å². The van der Waals surface area contributed by atoms with E-state index in [0.29, 0.717) is 5.92 Å². The van der Waals surface area contributed by atoms with E-state index in [2.05, 4.69) is 32.0 Å². The molecule has 0 heterocycles. The van der Waals surface area contributed by atoms with Crippen LogP contribution in [0.1, 0.15) is 62.1 Å². The fraction of sp³-hybridized carbons (Fsp3) is 0.647. The molecule has 1 N–H and O–H groups in total. The van der Waals surface area contributed by atoms with Crippen molar-refractivity contribution in [2.45, 2.75) is 64.9 Å². The molecule has 1 heteroatoms. The monoisotopic (exact) mass is 246 g/mol. The first-order chi connectivity index (χ1) is 8.47. The molecule has 100 valence electrons. The minimum atomic E-state index is -0.668. The Morgan fingerprint density at radius 2 is 1.61 bits per heavy atom. The van der Waals surface area contributed by atoms with Crippen LogP contribution in [-0.2, 0) is 5.60 Å². The van der Waals surface area contributed by atoms with E-state index in [0.717, 1.165) is 12.0 Å². The van der Waals surface area contributed by atoms with Gasteiger partial charge in [0.25, 0.3) is 0 Å². The molecule has 1 aromatic rings. The summed E-state index contributed by atoms with van der Waals surface area (Å²) in [4.78, 5) is 0. The molecular formula is C17H26O. The molecule has 0 aliphatic heterocycles. The molecule has 0 amide bonds. The SMILES string of the molecule is Cc1cc(C)cc(C(C)(O)CC2CCCCC2)c1. The van der Waals surface area contributed by atoms with E-state index in [1.54, 1.807) is 0 Å². The first-order valence-electron chi connectivity index (χ1n) is 7.28. The van der Waals surface area contributed by atoms with Crippen LogP contribution in [0, 0.1) is 19.8 Å². The summed E-state index contributed by atoms with van der Waals surface area (Å²) in [5.41, 5.74) is 2.91. The third kappa shape index (κ3) is 3.35. The van der Waals surface area contributed by atoms with Crippen molar-refractivity contribution >= 4 is 0 Å². The summed E-state index contributed by atoms with van der Waals surface area (Å²) in [5, 5.41) is 10.8. The second-order valence-electron chi connectivity index (χ2n) is 6.36. The molecular weight excluding hydrogens is 220 g/mol. The van der Waals surface area contributed by atoms with Gasteiger partial charge in [-0.25, -0.2) is 0 Å². The van der Waals surface area contributed by atoms with E-state index in [4.69, 9.17) is 0 Å². The lowest BCUT2D eigenvalue weighted by molar-refractivity contribution is 0.0237. The average Bonchev–Trinajstić information content (AvgIpc) is 2.28. The van der Waals surface area contributed by atoms with Gasteiger partial charge in [0.1, 0.15) is 0 Å². The summed E-state index contributed by atoms with van der Waals surface area (Å²) in [6.45, 7) is 6.19. The molecule has 2 rings (SSSR count). The van der Waals surface area contributed by atoms with Crippen LogP contribution in [0.2, 0.25) is 0 Å². The lowest BCUT2D eigenvalue weighted by atomic mass is 9.78. The molecule has 1 saturated carbocycles. The minimum Gasteiger partial charge on any atom is -0.385 e. The highest BCUT2D eigenvalue weighted by Gasteiger charge is 2.28. The van der Waals surface area contributed by atoms with Crippen molar-refractivity contribution in [3.63, 3.8) is 0 Å². The highest BCUT2D eigenvalue weighted by atomic mass is 16.3. The fourth-order valence-corrected chi connectivity index (χ4v) is 3.36. The van der Waals surface area contributed by atoms with Gasteiger partial charge in [-0.1, -0.05) is 61.4 Å². The zero-order chi connectivity index (χ0) is 13.2. The van der Waals surface area contributed by atoms with Crippen LogP contribution in [0.3, 0.4) is 0 Å². The first kappa shape index (κ1) is 13.6. The van der Waals surface area contributed by atoms with Crippen LogP contribution < -0.4 is 0 Å². The lowest BCUT2D eigenvalue weighted by Gasteiger charge is -2.31. The Bertz CT molecular complexity index is 380. The molecule has 0 radical (unpaired) electrons. The van der Waals surface area contributed by atoms with Gasteiger partial charge in [-0.05, 0) is 38.7 Å².